The lowest BCUT2D eigenvalue weighted by atomic mass is 9.61. The number of ketones is 1. The van der Waals surface area contributed by atoms with E-state index in [1.807, 2.05) is 19.9 Å². The fourth-order valence-electron chi connectivity index (χ4n) is 4.33. The van der Waals surface area contributed by atoms with Gasteiger partial charge in [0.15, 0.2) is 5.69 Å². The van der Waals surface area contributed by atoms with Crippen molar-refractivity contribution in [1.82, 2.24) is 9.78 Å². The van der Waals surface area contributed by atoms with E-state index in [1.54, 1.807) is 0 Å². The summed E-state index contributed by atoms with van der Waals surface area (Å²) < 4.78 is 47.2. The minimum atomic E-state index is -4.69. The number of hydrogen-bond donors (Lipinski definition) is 1. The van der Waals surface area contributed by atoms with E-state index < -0.39 is 42.0 Å². The monoisotopic (exact) mass is 370 g/mol. The maximum Gasteiger partial charge on any atom is 0.435 e. The predicted octanol–water partition coefficient (Wildman–Crippen LogP) is 2.35. The summed E-state index contributed by atoms with van der Waals surface area (Å²) in [5.74, 6) is -3.09. The number of carbonyl (C=O) groups excluding carboxylic acids is 1. The molecule has 2 heterocycles. The molecular weight excluding hydrogens is 349 g/mol. The summed E-state index contributed by atoms with van der Waals surface area (Å²) in [5, 5.41) is 13.1. The molecule has 0 spiro atoms. The zero-order chi connectivity index (χ0) is 19.4. The van der Waals surface area contributed by atoms with Gasteiger partial charge in [-0.25, -0.2) is 0 Å². The molecule has 1 aromatic heterocycles. The molecule has 142 valence electrons. The second-order valence-electron chi connectivity index (χ2n) is 7.96. The van der Waals surface area contributed by atoms with Crippen LogP contribution in [0.1, 0.15) is 43.9 Å². The highest BCUT2D eigenvalue weighted by Crippen LogP contribution is 2.51. The van der Waals surface area contributed by atoms with Crippen LogP contribution in [-0.2, 0) is 22.8 Å². The molecule has 5 atom stereocenters. The van der Waals surface area contributed by atoms with Crippen molar-refractivity contribution in [2.24, 2.45) is 30.0 Å². The van der Waals surface area contributed by atoms with E-state index in [9.17, 15) is 23.2 Å². The first-order valence-electron chi connectivity index (χ1n) is 8.39. The van der Waals surface area contributed by atoms with Gasteiger partial charge in [0.05, 0.1) is 24.0 Å². The highest BCUT2D eigenvalue weighted by Gasteiger charge is 2.55. The molecule has 0 unspecified atom stereocenters. The van der Waals surface area contributed by atoms with Crippen LogP contribution in [0.25, 0.3) is 0 Å². The fraction of sp³-hybridized carbons (Fsp3) is 0.706. The van der Waals surface area contributed by atoms with E-state index >= 15 is 0 Å². The van der Waals surface area contributed by atoms with E-state index in [4.69, 9.17) is 10.5 Å². The van der Waals surface area contributed by atoms with E-state index in [-0.39, 0.29) is 23.2 Å². The number of nitrogens with zero attached hydrogens (tertiary/aromatic N) is 3. The molecule has 0 aromatic carbocycles. The first kappa shape index (κ1) is 18.9. The van der Waals surface area contributed by atoms with Crippen LogP contribution in [0.15, 0.2) is 6.20 Å². The molecule has 1 saturated carbocycles. The number of hydrogen-bond acceptors (Lipinski definition) is 5. The van der Waals surface area contributed by atoms with Gasteiger partial charge >= 0.3 is 6.18 Å². The highest BCUT2D eigenvalue weighted by atomic mass is 19.4. The van der Waals surface area contributed by atoms with Crippen LogP contribution >= 0.6 is 0 Å². The summed E-state index contributed by atoms with van der Waals surface area (Å²) in [6, 6.07) is 1.96. The molecule has 2 aliphatic rings. The Kier molecular flexibility index (Phi) is 4.40. The van der Waals surface area contributed by atoms with Crippen molar-refractivity contribution in [2.45, 2.75) is 51.1 Å². The molecule has 9 heteroatoms. The van der Waals surface area contributed by atoms with Crippen molar-refractivity contribution in [3.8, 4) is 6.07 Å². The Bertz CT molecular complexity index is 765. The van der Waals surface area contributed by atoms with Gasteiger partial charge in [-0.3, -0.25) is 9.48 Å². The number of alkyl halides is 3. The molecule has 0 radical (unpaired) electrons. The van der Waals surface area contributed by atoms with Crippen LogP contribution in [-0.4, -0.2) is 27.9 Å². The standard InChI is InChI=1S/C17H21F3N4O2/c1-16(2)4-10(25)13-11(5-16)26-15(22)8(6-21)12(13)9-7-24(3)23-14(9)17(18,19)20/h7-8,11-13,15H,4-5,22H2,1-3H3/t8-,11+,12-,13+,15+/m0/s1. The van der Waals surface area contributed by atoms with Gasteiger partial charge < -0.3 is 10.5 Å². The summed E-state index contributed by atoms with van der Waals surface area (Å²) in [7, 11) is 1.38. The van der Waals surface area contributed by atoms with E-state index in [2.05, 4.69) is 5.10 Å². The molecule has 1 aliphatic carbocycles. The summed E-state index contributed by atoms with van der Waals surface area (Å²) in [4.78, 5) is 12.8. The van der Waals surface area contributed by atoms with Crippen molar-refractivity contribution < 1.29 is 22.7 Å². The molecular formula is C17H21F3N4O2. The summed E-state index contributed by atoms with van der Waals surface area (Å²) in [6.07, 6.45) is -4.41. The van der Waals surface area contributed by atoms with Crippen LogP contribution in [0, 0.1) is 28.6 Å². The smallest absolute Gasteiger partial charge is 0.358 e. The number of ether oxygens (including phenoxy) is 1. The van der Waals surface area contributed by atoms with Crippen LogP contribution in [0.4, 0.5) is 13.2 Å². The van der Waals surface area contributed by atoms with Crippen molar-refractivity contribution in [3.63, 3.8) is 0 Å². The Morgan fingerprint density at radius 3 is 2.65 bits per heavy atom. The van der Waals surface area contributed by atoms with Crippen LogP contribution in [0.2, 0.25) is 0 Å². The third kappa shape index (κ3) is 3.12. The van der Waals surface area contributed by atoms with Gasteiger partial charge in [-0.2, -0.15) is 23.5 Å². The minimum absolute atomic E-state index is 0.159. The minimum Gasteiger partial charge on any atom is -0.358 e. The third-order valence-electron chi connectivity index (χ3n) is 5.27. The maximum absolute atomic E-state index is 13.5. The predicted molar refractivity (Wildman–Crippen MR) is 84.4 cm³/mol. The molecule has 1 saturated heterocycles. The largest absolute Gasteiger partial charge is 0.435 e. The Hall–Kier alpha value is -1.92. The fourth-order valence-corrected chi connectivity index (χ4v) is 4.33. The Labute approximate surface area is 149 Å². The number of aromatic nitrogens is 2. The van der Waals surface area contributed by atoms with Gasteiger partial charge in [-0.1, -0.05) is 13.8 Å². The van der Waals surface area contributed by atoms with Gasteiger partial charge in [-0.05, 0) is 11.8 Å². The average molecular weight is 370 g/mol. The molecule has 2 fully saturated rings. The second kappa shape index (κ2) is 6.06. The van der Waals surface area contributed by atoms with Gasteiger partial charge in [-0.15, -0.1) is 0 Å². The number of carbonyl (C=O) groups is 1. The molecule has 26 heavy (non-hydrogen) atoms. The van der Waals surface area contributed by atoms with E-state index in [1.165, 1.54) is 13.2 Å². The summed E-state index contributed by atoms with van der Waals surface area (Å²) in [6.45, 7) is 3.82. The molecule has 2 N–H and O–H groups in total. The van der Waals surface area contributed by atoms with Crippen molar-refractivity contribution in [3.05, 3.63) is 17.5 Å². The average Bonchev–Trinajstić information content (AvgIpc) is 2.86. The lowest BCUT2D eigenvalue weighted by Crippen LogP contribution is -2.56. The van der Waals surface area contributed by atoms with E-state index in [0.29, 0.717) is 6.42 Å². The first-order chi connectivity index (χ1) is 11.9. The number of halogens is 3. The van der Waals surface area contributed by atoms with Gasteiger partial charge in [0.2, 0.25) is 0 Å². The lowest BCUT2D eigenvalue weighted by Gasteiger charge is -2.48. The zero-order valence-electron chi connectivity index (χ0n) is 14.7. The van der Waals surface area contributed by atoms with Crippen LogP contribution < -0.4 is 5.73 Å². The van der Waals surface area contributed by atoms with Crippen molar-refractivity contribution >= 4 is 5.78 Å². The van der Waals surface area contributed by atoms with Crippen molar-refractivity contribution in [1.29, 1.82) is 5.26 Å². The summed E-state index contributed by atoms with van der Waals surface area (Å²) in [5.41, 5.74) is 4.40. The zero-order valence-corrected chi connectivity index (χ0v) is 14.7. The Balaban J connectivity index is 2.14. The molecule has 6 nitrogen and oxygen atoms in total. The lowest BCUT2D eigenvalue weighted by molar-refractivity contribution is -0.166. The van der Waals surface area contributed by atoms with Crippen LogP contribution in [0.3, 0.4) is 0 Å². The number of rotatable bonds is 1. The molecule has 1 aromatic rings. The summed E-state index contributed by atoms with van der Waals surface area (Å²) >= 11 is 0. The van der Waals surface area contributed by atoms with E-state index in [0.717, 1.165) is 4.68 Å². The molecule has 3 rings (SSSR count). The number of nitriles is 1. The normalized spacial score (nSPS) is 34.2. The van der Waals surface area contributed by atoms with Crippen LogP contribution in [0.5, 0.6) is 0 Å². The third-order valence-corrected chi connectivity index (χ3v) is 5.27. The van der Waals surface area contributed by atoms with Gasteiger partial charge in [0.1, 0.15) is 12.0 Å². The number of Topliss-reactive ketones (excluding diaryl/α,β-unsaturated/α-hetero) is 1. The topological polar surface area (TPSA) is 93.9 Å². The first-order valence-corrected chi connectivity index (χ1v) is 8.39. The maximum atomic E-state index is 13.5. The quantitative estimate of drug-likeness (QED) is 0.819. The number of nitrogens with two attached hydrogens (primary N) is 1. The molecule has 0 bridgehead atoms. The van der Waals surface area contributed by atoms with Gasteiger partial charge in [0.25, 0.3) is 0 Å². The number of aryl methyl sites for hydroxylation is 1. The Morgan fingerprint density at radius 2 is 2.08 bits per heavy atom. The molecule has 0 amide bonds. The van der Waals surface area contributed by atoms with Crippen molar-refractivity contribution in [2.75, 3.05) is 0 Å². The second-order valence-corrected chi connectivity index (χ2v) is 7.96. The highest BCUT2D eigenvalue weighted by molar-refractivity contribution is 5.84. The van der Waals surface area contributed by atoms with Gasteiger partial charge in [0, 0.05) is 31.1 Å². The SMILES string of the molecule is Cn1cc([C@@H]2[C@H](C#N)[C@H](N)O[C@@H]3CC(C)(C)CC(=O)[C@@H]23)c(C(F)(F)F)n1. The number of fused-ring (bicyclic) bond motifs is 1. The molecule has 1 aliphatic heterocycles. The Morgan fingerprint density at radius 1 is 1.42 bits per heavy atom.